The number of phenols is 1. The molecule has 0 fully saturated rings. The molecule has 0 heterocycles. The van der Waals surface area contributed by atoms with E-state index < -0.39 is 0 Å². The Morgan fingerprint density at radius 2 is 2.21 bits per heavy atom. The molecule has 0 radical (unpaired) electrons. The molecule has 0 aromatic heterocycles. The second-order valence-electron chi connectivity index (χ2n) is 2.90. The lowest BCUT2D eigenvalue weighted by Crippen LogP contribution is -2.24. The molecule has 0 spiro atoms. The maximum absolute atomic E-state index is 11.3. The predicted octanol–water partition coefficient (Wildman–Crippen LogP) is 1.24. The summed E-state index contributed by atoms with van der Waals surface area (Å²) in [7, 11) is 0. The van der Waals surface area contributed by atoms with Crippen LogP contribution in [0.15, 0.2) is 36.9 Å². The van der Waals surface area contributed by atoms with Crippen molar-refractivity contribution in [3.05, 3.63) is 42.5 Å². The molecule has 3 nitrogen and oxygen atoms in total. The van der Waals surface area contributed by atoms with Gasteiger partial charge in [0.2, 0.25) is 5.91 Å². The van der Waals surface area contributed by atoms with Gasteiger partial charge in [-0.1, -0.05) is 24.3 Å². The third-order valence-electron chi connectivity index (χ3n) is 1.79. The van der Waals surface area contributed by atoms with E-state index in [4.69, 9.17) is 0 Å². The molecule has 0 aliphatic carbocycles. The van der Waals surface area contributed by atoms with Crippen molar-refractivity contribution in [2.24, 2.45) is 0 Å². The van der Waals surface area contributed by atoms with Crippen LogP contribution in [0.4, 0.5) is 0 Å². The molecule has 74 valence electrons. The van der Waals surface area contributed by atoms with Gasteiger partial charge in [-0.2, -0.15) is 0 Å². The van der Waals surface area contributed by atoms with Gasteiger partial charge in [0, 0.05) is 12.1 Å². The van der Waals surface area contributed by atoms with Crippen LogP contribution in [0.5, 0.6) is 5.75 Å². The number of carbonyl (C=O) groups excluding carboxylic acids is 1. The van der Waals surface area contributed by atoms with E-state index in [-0.39, 0.29) is 18.1 Å². The quantitative estimate of drug-likeness (QED) is 0.703. The number of para-hydroxylation sites is 1. The summed E-state index contributed by atoms with van der Waals surface area (Å²) < 4.78 is 0. The van der Waals surface area contributed by atoms with Crippen molar-refractivity contribution in [2.75, 3.05) is 6.54 Å². The Hall–Kier alpha value is -1.77. The summed E-state index contributed by atoms with van der Waals surface area (Å²) in [4.78, 5) is 11.3. The number of amides is 1. The van der Waals surface area contributed by atoms with Gasteiger partial charge in [0.1, 0.15) is 5.75 Å². The van der Waals surface area contributed by atoms with E-state index in [9.17, 15) is 9.90 Å². The Bertz CT molecular complexity index is 334. The Morgan fingerprint density at radius 3 is 2.86 bits per heavy atom. The number of hydrogen-bond donors (Lipinski definition) is 2. The Morgan fingerprint density at radius 1 is 1.50 bits per heavy atom. The molecule has 0 unspecified atom stereocenters. The summed E-state index contributed by atoms with van der Waals surface area (Å²) in [6.45, 7) is 3.94. The molecular formula is C11H13NO2. The summed E-state index contributed by atoms with van der Waals surface area (Å²) >= 11 is 0. The standard InChI is InChI=1S/C11H13NO2/c1-2-7-12-11(14)8-9-5-3-4-6-10(9)13/h2-6,13H,1,7-8H2,(H,12,14). The fraction of sp³-hybridized carbons (Fsp3) is 0.182. The number of hydrogen-bond acceptors (Lipinski definition) is 2. The maximum Gasteiger partial charge on any atom is 0.224 e. The van der Waals surface area contributed by atoms with Crippen LogP contribution in [0.3, 0.4) is 0 Å². The van der Waals surface area contributed by atoms with E-state index in [2.05, 4.69) is 11.9 Å². The highest BCUT2D eigenvalue weighted by Crippen LogP contribution is 2.15. The smallest absolute Gasteiger partial charge is 0.224 e. The first-order chi connectivity index (χ1) is 6.74. The van der Waals surface area contributed by atoms with Gasteiger partial charge in [-0.25, -0.2) is 0 Å². The molecule has 0 aliphatic heterocycles. The highest BCUT2D eigenvalue weighted by molar-refractivity contribution is 5.79. The van der Waals surface area contributed by atoms with E-state index in [1.165, 1.54) is 0 Å². The van der Waals surface area contributed by atoms with Gasteiger partial charge >= 0.3 is 0 Å². The largest absolute Gasteiger partial charge is 0.508 e. The van der Waals surface area contributed by atoms with Gasteiger partial charge < -0.3 is 10.4 Å². The van der Waals surface area contributed by atoms with Crippen LogP contribution in [0.1, 0.15) is 5.56 Å². The molecule has 0 atom stereocenters. The molecule has 3 heteroatoms. The number of benzene rings is 1. The molecule has 1 rings (SSSR count). The van der Waals surface area contributed by atoms with Crippen LogP contribution in [-0.4, -0.2) is 17.6 Å². The van der Waals surface area contributed by atoms with Crippen molar-refractivity contribution >= 4 is 5.91 Å². The fourth-order valence-electron chi connectivity index (χ4n) is 1.08. The molecule has 1 amide bonds. The van der Waals surface area contributed by atoms with E-state index in [0.717, 1.165) is 0 Å². The average Bonchev–Trinajstić information content (AvgIpc) is 2.18. The van der Waals surface area contributed by atoms with Gasteiger partial charge in [-0.15, -0.1) is 6.58 Å². The minimum atomic E-state index is -0.119. The summed E-state index contributed by atoms with van der Waals surface area (Å²) in [5.74, 6) is 0.0349. The molecular weight excluding hydrogens is 178 g/mol. The van der Waals surface area contributed by atoms with Crippen LogP contribution in [0.2, 0.25) is 0 Å². The van der Waals surface area contributed by atoms with Crippen molar-refractivity contribution in [3.63, 3.8) is 0 Å². The van der Waals surface area contributed by atoms with E-state index >= 15 is 0 Å². The molecule has 2 N–H and O–H groups in total. The molecule has 0 bridgehead atoms. The van der Waals surface area contributed by atoms with Gasteiger partial charge in [-0.05, 0) is 6.07 Å². The second kappa shape index (κ2) is 5.07. The molecule has 0 aliphatic rings. The van der Waals surface area contributed by atoms with Crippen molar-refractivity contribution in [2.45, 2.75) is 6.42 Å². The number of carbonyl (C=O) groups is 1. The monoisotopic (exact) mass is 191 g/mol. The first kappa shape index (κ1) is 10.3. The van der Waals surface area contributed by atoms with Gasteiger partial charge in [-0.3, -0.25) is 4.79 Å². The first-order valence-corrected chi connectivity index (χ1v) is 4.38. The van der Waals surface area contributed by atoms with E-state index in [1.54, 1.807) is 30.3 Å². The normalized spacial score (nSPS) is 9.43. The first-order valence-electron chi connectivity index (χ1n) is 4.38. The zero-order valence-corrected chi connectivity index (χ0v) is 7.86. The average molecular weight is 191 g/mol. The lowest BCUT2D eigenvalue weighted by atomic mass is 10.1. The summed E-state index contributed by atoms with van der Waals surface area (Å²) in [5.41, 5.74) is 0.633. The van der Waals surface area contributed by atoms with E-state index in [1.807, 2.05) is 0 Å². The number of aromatic hydroxyl groups is 1. The zero-order chi connectivity index (χ0) is 10.4. The van der Waals surface area contributed by atoms with Crippen molar-refractivity contribution in [1.29, 1.82) is 0 Å². The Labute approximate surface area is 83.1 Å². The molecule has 1 aromatic rings. The highest BCUT2D eigenvalue weighted by Gasteiger charge is 2.05. The minimum absolute atomic E-state index is 0.119. The fourth-order valence-corrected chi connectivity index (χ4v) is 1.08. The van der Waals surface area contributed by atoms with Gasteiger partial charge in [0.05, 0.1) is 6.42 Å². The SMILES string of the molecule is C=CCNC(=O)Cc1ccccc1O. The third-order valence-corrected chi connectivity index (χ3v) is 1.79. The third kappa shape index (κ3) is 2.94. The van der Waals surface area contributed by atoms with Crippen molar-refractivity contribution in [3.8, 4) is 5.75 Å². The Balaban J connectivity index is 2.56. The van der Waals surface area contributed by atoms with Crippen LogP contribution in [-0.2, 0) is 11.2 Å². The van der Waals surface area contributed by atoms with Crippen LogP contribution in [0.25, 0.3) is 0 Å². The van der Waals surface area contributed by atoms with Crippen molar-refractivity contribution < 1.29 is 9.90 Å². The number of nitrogens with one attached hydrogen (secondary N) is 1. The van der Waals surface area contributed by atoms with Crippen LogP contribution in [0, 0.1) is 0 Å². The van der Waals surface area contributed by atoms with Crippen LogP contribution >= 0.6 is 0 Å². The van der Waals surface area contributed by atoms with Gasteiger partial charge in [0.15, 0.2) is 0 Å². The predicted molar refractivity (Wildman–Crippen MR) is 55.0 cm³/mol. The number of rotatable bonds is 4. The molecule has 14 heavy (non-hydrogen) atoms. The Kier molecular flexibility index (Phi) is 3.73. The zero-order valence-electron chi connectivity index (χ0n) is 7.86. The minimum Gasteiger partial charge on any atom is -0.508 e. The lowest BCUT2D eigenvalue weighted by molar-refractivity contribution is -0.120. The summed E-state index contributed by atoms with van der Waals surface area (Å²) in [5, 5.41) is 12.0. The summed E-state index contributed by atoms with van der Waals surface area (Å²) in [6.07, 6.45) is 1.81. The highest BCUT2D eigenvalue weighted by atomic mass is 16.3. The topological polar surface area (TPSA) is 49.3 Å². The lowest BCUT2D eigenvalue weighted by Gasteiger charge is -2.04. The molecule has 0 saturated heterocycles. The molecule has 0 saturated carbocycles. The van der Waals surface area contributed by atoms with Crippen LogP contribution < -0.4 is 5.32 Å². The maximum atomic E-state index is 11.3. The van der Waals surface area contributed by atoms with E-state index in [0.29, 0.717) is 12.1 Å². The molecule has 1 aromatic carbocycles. The second-order valence-corrected chi connectivity index (χ2v) is 2.90. The number of phenolic OH excluding ortho intramolecular Hbond substituents is 1. The van der Waals surface area contributed by atoms with Gasteiger partial charge in [0.25, 0.3) is 0 Å². The van der Waals surface area contributed by atoms with Crippen molar-refractivity contribution in [1.82, 2.24) is 5.32 Å². The summed E-state index contributed by atoms with van der Waals surface area (Å²) in [6, 6.07) is 6.80.